The summed E-state index contributed by atoms with van der Waals surface area (Å²) < 4.78 is 5.40. The second-order valence-corrected chi connectivity index (χ2v) is 5.81. The molecule has 1 heterocycles. The molecule has 1 fully saturated rings. The lowest BCUT2D eigenvalue weighted by Gasteiger charge is -2.40. The molecule has 0 radical (unpaired) electrons. The third kappa shape index (κ3) is 3.16. The van der Waals surface area contributed by atoms with Crippen molar-refractivity contribution in [1.82, 2.24) is 4.90 Å². The van der Waals surface area contributed by atoms with Gasteiger partial charge in [0, 0.05) is 32.3 Å². The fourth-order valence-corrected chi connectivity index (χ4v) is 2.87. The molecule has 0 aliphatic carbocycles. The summed E-state index contributed by atoms with van der Waals surface area (Å²) in [5, 5.41) is 0. The summed E-state index contributed by atoms with van der Waals surface area (Å²) in [4.78, 5) is 2.48. The number of methoxy groups -OCH3 is 1. The van der Waals surface area contributed by atoms with Gasteiger partial charge < -0.3 is 10.5 Å². The van der Waals surface area contributed by atoms with Gasteiger partial charge in [0.2, 0.25) is 0 Å². The number of likely N-dealkylation sites (tertiary alicyclic amines) is 1. The number of rotatable bonds is 3. The van der Waals surface area contributed by atoms with E-state index in [0.717, 1.165) is 19.5 Å². The molecule has 1 rings (SSSR count). The third-order valence-corrected chi connectivity index (χ3v) is 3.29. The van der Waals surface area contributed by atoms with E-state index in [1.54, 1.807) is 7.11 Å². The highest BCUT2D eigenvalue weighted by molar-refractivity contribution is 4.93. The lowest BCUT2D eigenvalue weighted by Crippen LogP contribution is -2.53. The number of nitrogens with two attached hydrogens (primary N) is 1. The Morgan fingerprint density at radius 2 is 2.00 bits per heavy atom. The summed E-state index contributed by atoms with van der Waals surface area (Å²) >= 11 is 0. The van der Waals surface area contributed by atoms with Crippen molar-refractivity contribution in [2.45, 2.75) is 52.3 Å². The minimum Gasteiger partial charge on any atom is -0.380 e. The zero-order chi connectivity index (χ0) is 11.6. The molecule has 2 N–H and O–H groups in total. The van der Waals surface area contributed by atoms with Crippen LogP contribution < -0.4 is 5.73 Å². The lowest BCUT2D eigenvalue weighted by atomic mass is 9.82. The van der Waals surface area contributed by atoms with Crippen molar-refractivity contribution in [3.05, 3.63) is 0 Å². The van der Waals surface area contributed by atoms with Crippen molar-refractivity contribution in [3.8, 4) is 0 Å². The lowest BCUT2D eigenvalue weighted by molar-refractivity contribution is 0.0687. The average molecular weight is 214 g/mol. The largest absolute Gasteiger partial charge is 0.380 e. The maximum Gasteiger partial charge on any atom is 0.0710 e. The molecule has 1 aliphatic rings. The standard InChI is InChI=1S/C12H26N2O/c1-9(13)11(12(2,3)4)14-7-6-10(8-14)15-5/h9-11H,6-8,13H2,1-5H3. The van der Waals surface area contributed by atoms with Crippen LogP contribution in [-0.4, -0.2) is 43.3 Å². The molecule has 3 unspecified atom stereocenters. The highest BCUT2D eigenvalue weighted by Crippen LogP contribution is 2.29. The van der Waals surface area contributed by atoms with Crippen LogP contribution >= 0.6 is 0 Å². The molecule has 0 amide bonds. The summed E-state index contributed by atoms with van der Waals surface area (Å²) in [6, 6.07) is 0.651. The van der Waals surface area contributed by atoms with Crippen molar-refractivity contribution in [1.29, 1.82) is 0 Å². The molecule has 3 nitrogen and oxygen atoms in total. The average Bonchev–Trinajstić information content (AvgIpc) is 2.49. The Balaban J connectivity index is 2.66. The maximum atomic E-state index is 6.11. The Hall–Kier alpha value is -0.120. The van der Waals surface area contributed by atoms with Gasteiger partial charge in [0.05, 0.1) is 6.10 Å². The molecule has 1 saturated heterocycles. The van der Waals surface area contributed by atoms with Crippen molar-refractivity contribution in [2.24, 2.45) is 11.1 Å². The smallest absolute Gasteiger partial charge is 0.0710 e. The fraction of sp³-hybridized carbons (Fsp3) is 1.00. The van der Waals surface area contributed by atoms with Gasteiger partial charge in [-0.1, -0.05) is 20.8 Å². The Kier molecular flexibility index (Phi) is 4.15. The van der Waals surface area contributed by atoms with Crippen LogP contribution in [0.15, 0.2) is 0 Å². The predicted octanol–water partition coefficient (Wildman–Crippen LogP) is 1.47. The van der Waals surface area contributed by atoms with Crippen molar-refractivity contribution in [2.75, 3.05) is 20.2 Å². The molecule has 90 valence electrons. The van der Waals surface area contributed by atoms with Gasteiger partial charge in [0.15, 0.2) is 0 Å². The summed E-state index contributed by atoms with van der Waals surface area (Å²) in [7, 11) is 1.80. The topological polar surface area (TPSA) is 38.5 Å². The highest BCUT2D eigenvalue weighted by Gasteiger charge is 2.37. The Morgan fingerprint density at radius 1 is 1.40 bits per heavy atom. The predicted molar refractivity (Wildman–Crippen MR) is 63.9 cm³/mol. The maximum absolute atomic E-state index is 6.11. The molecule has 0 aromatic heterocycles. The second-order valence-electron chi connectivity index (χ2n) is 5.81. The fourth-order valence-electron chi connectivity index (χ4n) is 2.87. The van der Waals surface area contributed by atoms with Crippen LogP contribution in [0.3, 0.4) is 0 Å². The first-order valence-corrected chi connectivity index (χ1v) is 5.88. The summed E-state index contributed by atoms with van der Waals surface area (Å²) in [5.74, 6) is 0. The van der Waals surface area contributed by atoms with Gasteiger partial charge in [0.25, 0.3) is 0 Å². The molecule has 0 saturated carbocycles. The minimum atomic E-state index is 0.209. The van der Waals surface area contributed by atoms with Crippen molar-refractivity contribution in [3.63, 3.8) is 0 Å². The van der Waals surface area contributed by atoms with Crippen LogP contribution in [0.5, 0.6) is 0 Å². The second kappa shape index (κ2) is 4.81. The zero-order valence-corrected chi connectivity index (χ0v) is 10.8. The van der Waals surface area contributed by atoms with Gasteiger partial charge in [-0.15, -0.1) is 0 Å². The van der Waals surface area contributed by atoms with Gasteiger partial charge in [-0.3, -0.25) is 4.90 Å². The normalized spacial score (nSPS) is 28.0. The monoisotopic (exact) mass is 214 g/mol. The van der Waals surface area contributed by atoms with Crippen LogP contribution in [0.2, 0.25) is 0 Å². The first-order chi connectivity index (χ1) is 6.86. The molecule has 3 heteroatoms. The molecule has 0 bridgehead atoms. The van der Waals surface area contributed by atoms with E-state index in [9.17, 15) is 0 Å². The Bertz CT molecular complexity index is 198. The van der Waals surface area contributed by atoms with Crippen LogP contribution in [0, 0.1) is 5.41 Å². The quantitative estimate of drug-likeness (QED) is 0.773. The summed E-state index contributed by atoms with van der Waals surface area (Å²) in [5.41, 5.74) is 6.34. The molecule has 0 aromatic carbocycles. The van der Waals surface area contributed by atoms with E-state index >= 15 is 0 Å². The van der Waals surface area contributed by atoms with E-state index in [1.807, 2.05) is 0 Å². The van der Waals surface area contributed by atoms with Crippen molar-refractivity contribution < 1.29 is 4.74 Å². The highest BCUT2D eigenvalue weighted by atomic mass is 16.5. The molecule has 15 heavy (non-hydrogen) atoms. The van der Waals surface area contributed by atoms with Gasteiger partial charge in [0.1, 0.15) is 0 Å². The van der Waals surface area contributed by atoms with E-state index in [2.05, 4.69) is 32.6 Å². The Labute approximate surface area is 94.0 Å². The van der Waals surface area contributed by atoms with Crippen LogP contribution in [0.1, 0.15) is 34.1 Å². The van der Waals surface area contributed by atoms with Crippen molar-refractivity contribution >= 4 is 0 Å². The Morgan fingerprint density at radius 3 is 2.33 bits per heavy atom. The number of hydrogen-bond donors (Lipinski definition) is 1. The molecule has 3 atom stereocenters. The van der Waals surface area contributed by atoms with E-state index in [1.165, 1.54) is 0 Å². The van der Waals surface area contributed by atoms with Gasteiger partial charge in [-0.2, -0.15) is 0 Å². The molecule has 0 aromatic rings. The molecule has 0 spiro atoms. The first-order valence-electron chi connectivity index (χ1n) is 5.88. The molecular weight excluding hydrogens is 188 g/mol. The molecule has 1 aliphatic heterocycles. The van der Waals surface area contributed by atoms with E-state index in [-0.39, 0.29) is 11.5 Å². The minimum absolute atomic E-state index is 0.209. The van der Waals surface area contributed by atoms with Crippen LogP contribution in [0.25, 0.3) is 0 Å². The third-order valence-electron chi connectivity index (χ3n) is 3.29. The van der Waals surface area contributed by atoms with E-state index in [4.69, 9.17) is 10.5 Å². The van der Waals surface area contributed by atoms with Crippen LogP contribution in [-0.2, 0) is 4.74 Å². The summed E-state index contributed by atoms with van der Waals surface area (Å²) in [6.07, 6.45) is 1.53. The van der Waals surface area contributed by atoms with E-state index < -0.39 is 0 Å². The summed E-state index contributed by atoms with van der Waals surface area (Å²) in [6.45, 7) is 11.0. The zero-order valence-electron chi connectivity index (χ0n) is 10.8. The molecular formula is C12H26N2O. The van der Waals surface area contributed by atoms with Gasteiger partial charge >= 0.3 is 0 Å². The van der Waals surface area contributed by atoms with E-state index in [0.29, 0.717) is 12.1 Å². The van der Waals surface area contributed by atoms with Gasteiger partial charge in [-0.25, -0.2) is 0 Å². The number of hydrogen-bond acceptors (Lipinski definition) is 3. The SMILES string of the molecule is COC1CCN(C(C(C)N)C(C)(C)C)C1. The first kappa shape index (κ1) is 12.9. The van der Waals surface area contributed by atoms with Crippen LogP contribution in [0.4, 0.5) is 0 Å². The number of nitrogens with zero attached hydrogens (tertiary/aromatic N) is 1. The van der Waals surface area contributed by atoms with Gasteiger partial charge in [-0.05, 0) is 18.8 Å². The number of ether oxygens (including phenoxy) is 1.